The molecule has 1 aromatic carbocycles. The number of nitrogens with two attached hydrogens (primary N) is 1. The summed E-state index contributed by atoms with van der Waals surface area (Å²) in [7, 11) is 0. The monoisotopic (exact) mass is 239 g/mol. The summed E-state index contributed by atoms with van der Waals surface area (Å²) in [4.78, 5) is 11.0. The van der Waals surface area contributed by atoms with Crippen LogP contribution in [0, 0.1) is 0 Å². The second-order valence-electron chi connectivity index (χ2n) is 3.65. The molecule has 5 heteroatoms. The van der Waals surface area contributed by atoms with E-state index in [-0.39, 0.29) is 11.7 Å². The fraction of sp³-hybridized carbons (Fsp3) is 0.417. The summed E-state index contributed by atoms with van der Waals surface area (Å²) in [6, 6.07) is 4.54. The van der Waals surface area contributed by atoms with Gasteiger partial charge in [-0.1, -0.05) is 0 Å². The lowest BCUT2D eigenvalue weighted by molar-refractivity contribution is 0.0607. The SMILES string of the molecule is CCOCC(C)Oc1ccc(N)cc1C(=O)O. The Morgan fingerprint density at radius 2 is 2.24 bits per heavy atom. The van der Waals surface area contributed by atoms with E-state index in [2.05, 4.69) is 0 Å². The van der Waals surface area contributed by atoms with Crippen LogP contribution in [-0.4, -0.2) is 30.4 Å². The molecule has 0 bridgehead atoms. The number of benzene rings is 1. The molecule has 1 unspecified atom stereocenters. The normalized spacial score (nSPS) is 12.1. The third-order valence-corrected chi connectivity index (χ3v) is 2.12. The summed E-state index contributed by atoms with van der Waals surface area (Å²) in [5.74, 6) is -0.755. The minimum absolute atomic E-state index is 0.0633. The first kappa shape index (κ1) is 13.3. The van der Waals surface area contributed by atoms with Gasteiger partial charge in [0.2, 0.25) is 0 Å². The maximum absolute atomic E-state index is 11.0. The zero-order chi connectivity index (χ0) is 12.8. The van der Waals surface area contributed by atoms with Gasteiger partial charge >= 0.3 is 5.97 Å². The van der Waals surface area contributed by atoms with Crippen LogP contribution >= 0.6 is 0 Å². The van der Waals surface area contributed by atoms with Gasteiger partial charge < -0.3 is 20.3 Å². The lowest BCUT2D eigenvalue weighted by Gasteiger charge is -2.16. The summed E-state index contributed by atoms with van der Waals surface area (Å²) in [6.07, 6.45) is -0.211. The van der Waals surface area contributed by atoms with E-state index in [4.69, 9.17) is 20.3 Å². The average Bonchev–Trinajstić information content (AvgIpc) is 2.28. The Labute approximate surface area is 100 Å². The number of nitrogen functional groups attached to an aromatic ring is 1. The molecule has 94 valence electrons. The van der Waals surface area contributed by atoms with Gasteiger partial charge in [0.15, 0.2) is 0 Å². The van der Waals surface area contributed by atoms with Gasteiger partial charge in [0.05, 0.1) is 6.61 Å². The van der Waals surface area contributed by atoms with E-state index in [1.54, 1.807) is 12.1 Å². The molecule has 0 heterocycles. The topological polar surface area (TPSA) is 81.8 Å². The molecule has 3 N–H and O–H groups in total. The molecule has 0 fully saturated rings. The van der Waals surface area contributed by atoms with Crippen LogP contribution in [0.5, 0.6) is 5.75 Å². The molecule has 0 saturated heterocycles. The zero-order valence-corrected chi connectivity index (χ0v) is 9.97. The van der Waals surface area contributed by atoms with Crippen molar-refractivity contribution in [1.82, 2.24) is 0 Å². The van der Waals surface area contributed by atoms with Crippen LogP contribution in [0.2, 0.25) is 0 Å². The second-order valence-corrected chi connectivity index (χ2v) is 3.65. The quantitative estimate of drug-likeness (QED) is 0.739. The number of hydrogen-bond acceptors (Lipinski definition) is 4. The van der Waals surface area contributed by atoms with Crippen LogP contribution in [0.4, 0.5) is 5.69 Å². The molecule has 0 aliphatic carbocycles. The number of carboxylic acids is 1. The highest BCUT2D eigenvalue weighted by Crippen LogP contribution is 2.22. The minimum atomic E-state index is -1.06. The van der Waals surface area contributed by atoms with Gasteiger partial charge in [0.25, 0.3) is 0 Å². The van der Waals surface area contributed by atoms with Crippen LogP contribution in [0.25, 0.3) is 0 Å². The van der Waals surface area contributed by atoms with Gasteiger partial charge in [-0.05, 0) is 32.0 Å². The fourth-order valence-electron chi connectivity index (χ4n) is 1.35. The molecule has 0 spiro atoms. The van der Waals surface area contributed by atoms with Gasteiger partial charge in [0, 0.05) is 12.3 Å². The van der Waals surface area contributed by atoms with Crippen molar-refractivity contribution in [2.75, 3.05) is 18.9 Å². The van der Waals surface area contributed by atoms with Crippen LogP contribution in [0.1, 0.15) is 24.2 Å². The van der Waals surface area contributed by atoms with Crippen molar-refractivity contribution in [2.24, 2.45) is 0 Å². The van der Waals surface area contributed by atoms with Gasteiger partial charge in [0.1, 0.15) is 17.4 Å². The van der Waals surface area contributed by atoms with Crippen LogP contribution < -0.4 is 10.5 Å². The van der Waals surface area contributed by atoms with E-state index in [9.17, 15) is 4.79 Å². The van der Waals surface area contributed by atoms with Crippen molar-refractivity contribution in [1.29, 1.82) is 0 Å². The smallest absolute Gasteiger partial charge is 0.339 e. The number of carbonyl (C=O) groups is 1. The van der Waals surface area contributed by atoms with Crippen molar-refractivity contribution in [2.45, 2.75) is 20.0 Å². The van der Waals surface area contributed by atoms with Gasteiger partial charge in [-0.25, -0.2) is 4.79 Å². The molecular formula is C12H17NO4. The van der Waals surface area contributed by atoms with Gasteiger partial charge in [-0.15, -0.1) is 0 Å². The third kappa shape index (κ3) is 3.96. The first-order valence-corrected chi connectivity index (χ1v) is 5.41. The largest absolute Gasteiger partial charge is 0.487 e. The zero-order valence-electron chi connectivity index (χ0n) is 9.97. The molecular weight excluding hydrogens is 222 g/mol. The summed E-state index contributed by atoms with van der Waals surface area (Å²) < 4.78 is 10.7. The van der Waals surface area contributed by atoms with E-state index in [0.717, 1.165) is 0 Å². The Hall–Kier alpha value is -1.75. The summed E-state index contributed by atoms with van der Waals surface area (Å²) >= 11 is 0. The third-order valence-electron chi connectivity index (χ3n) is 2.12. The van der Waals surface area contributed by atoms with Crippen LogP contribution in [0.3, 0.4) is 0 Å². The molecule has 17 heavy (non-hydrogen) atoms. The highest BCUT2D eigenvalue weighted by molar-refractivity contribution is 5.92. The molecule has 0 aliphatic heterocycles. The summed E-state index contributed by atoms with van der Waals surface area (Å²) in [5.41, 5.74) is 5.99. The van der Waals surface area contributed by atoms with Crippen molar-refractivity contribution in [3.8, 4) is 5.75 Å². The van der Waals surface area contributed by atoms with Crippen LogP contribution in [0.15, 0.2) is 18.2 Å². The lowest BCUT2D eigenvalue weighted by Crippen LogP contribution is -2.20. The molecule has 5 nitrogen and oxygen atoms in total. The maximum atomic E-state index is 11.0. The molecule has 1 aromatic rings. The lowest BCUT2D eigenvalue weighted by atomic mass is 10.2. The standard InChI is InChI=1S/C12H17NO4/c1-3-16-7-8(2)17-11-5-4-9(13)6-10(11)12(14)15/h4-6,8H,3,7,13H2,1-2H3,(H,14,15). The van der Waals surface area contributed by atoms with E-state index in [1.165, 1.54) is 6.07 Å². The highest BCUT2D eigenvalue weighted by Gasteiger charge is 2.14. The predicted octanol–water partition coefficient (Wildman–Crippen LogP) is 1.77. The van der Waals surface area contributed by atoms with Crippen molar-refractivity contribution in [3.63, 3.8) is 0 Å². The first-order valence-electron chi connectivity index (χ1n) is 5.41. The molecule has 0 aliphatic rings. The van der Waals surface area contributed by atoms with Gasteiger partial charge in [-0.3, -0.25) is 0 Å². The number of anilines is 1. The van der Waals surface area contributed by atoms with E-state index >= 15 is 0 Å². The van der Waals surface area contributed by atoms with E-state index in [0.29, 0.717) is 24.7 Å². The second kappa shape index (κ2) is 6.10. The Kier molecular flexibility index (Phi) is 4.78. The molecule has 0 amide bonds. The number of hydrogen-bond donors (Lipinski definition) is 2. The van der Waals surface area contributed by atoms with E-state index < -0.39 is 5.97 Å². The molecule has 1 rings (SSSR count). The minimum Gasteiger partial charge on any atom is -0.487 e. The average molecular weight is 239 g/mol. The number of ether oxygens (including phenoxy) is 2. The van der Waals surface area contributed by atoms with Crippen molar-refractivity contribution >= 4 is 11.7 Å². The number of aromatic carboxylic acids is 1. The maximum Gasteiger partial charge on any atom is 0.339 e. The van der Waals surface area contributed by atoms with Crippen molar-refractivity contribution < 1.29 is 19.4 Å². The first-order chi connectivity index (χ1) is 8.04. The Morgan fingerprint density at radius 1 is 1.53 bits per heavy atom. The Morgan fingerprint density at radius 3 is 2.82 bits per heavy atom. The number of rotatable bonds is 6. The van der Waals surface area contributed by atoms with Crippen LogP contribution in [-0.2, 0) is 4.74 Å². The van der Waals surface area contributed by atoms with E-state index in [1.807, 2.05) is 13.8 Å². The predicted molar refractivity (Wildman–Crippen MR) is 64.4 cm³/mol. The highest BCUT2D eigenvalue weighted by atomic mass is 16.5. The summed E-state index contributed by atoms with van der Waals surface area (Å²) in [5, 5.41) is 9.01. The number of carboxylic acid groups (broad SMARTS) is 1. The molecule has 1 atom stereocenters. The molecule has 0 saturated carbocycles. The van der Waals surface area contributed by atoms with Crippen molar-refractivity contribution in [3.05, 3.63) is 23.8 Å². The Balaban J connectivity index is 2.79. The molecule has 0 aromatic heterocycles. The molecule has 0 radical (unpaired) electrons. The summed E-state index contributed by atoms with van der Waals surface area (Å²) in [6.45, 7) is 4.72. The van der Waals surface area contributed by atoms with Gasteiger partial charge in [-0.2, -0.15) is 0 Å². The fourth-order valence-corrected chi connectivity index (χ4v) is 1.35. The Bertz CT molecular complexity index is 392.